The van der Waals surface area contributed by atoms with E-state index in [0.29, 0.717) is 28.9 Å². The first-order valence-electron chi connectivity index (χ1n) is 8.19. The Bertz CT molecular complexity index is 1130. The molecule has 0 radical (unpaired) electrons. The van der Waals surface area contributed by atoms with E-state index in [2.05, 4.69) is 21.7 Å². The highest BCUT2D eigenvalue weighted by Crippen LogP contribution is 2.32. The van der Waals surface area contributed by atoms with E-state index in [1.165, 1.54) is 11.3 Å². The first-order chi connectivity index (χ1) is 13.3. The summed E-state index contributed by atoms with van der Waals surface area (Å²) in [4.78, 5) is 18.1. The smallest absolute Gasteiger partial charge is 0.257 e. The van der Waals surface area contributed by atoms with Crippen LogP contribution in [0.15, 0.2) is 58.6 Å². The third-order valence-electron chi connectivity index (χ3n) is 4.04. The number of fused-ring (bicyclic) bond motifs is 1. The zero-order valence-corrected chi connectivity index (χ0v) is 15.7. The van der Waals surface area contributed by atoms with E-state index >= 15 is 0 Å². The van der Waals surface area contributed by atoms with E-state index < -0.39 is 0 Å². The van der Waals surface area contributed by atoms with Crippen molar-refractivity contribution in [2.24, 2.45) is 0 Å². The van der Waals surface area contributed by atoms with Crippen molar-refractivity contribution in [2.75, 3.05) is 10.6 Å². The summed E-state index contributed by atoms with van der Waals surface area (Å²) in [6, 6.07) is 15.5. The van der Waals surface area contributed by atoms with Crippen LogP contribution in [0.3, 0.4) is 0 Å². The van der Waals surface area contributed by atoms with Gasteiger partial charge in [-0.25, -0.2) is 4.98 Å². The van der Waals surface area contributed by atoms with Gasteiger partial charge in [-0.15, -0.1) is 11.3 Å². The number of benzene rings is 1. The number of pyridine rings is 1. The molecular weight excluding hydrogens is 376 g/mol. The minimum Gasteiger partial charge on any atom is -0.378 e. The highest BCUT2D eigenvalue weighted by molar-refractivity contribution is 7.09. The molecule has 4 aromatic rings. The van der Waals surface area contributed by atoms with Gasteiger partial charge in [0, 0.05) is 22.2 Å². The first kappa shape index (κ1) is 17.2. The molecule has 5 nitrogen and oxygen atoms in total. The van der Waals surface area contributed by atoms with Gasteiger partial charge in [-0.1, -0.05) is 24.3 Å². The standard InChI is InChI=1S/C20H14N4OS2/c21-10-16-18(22-11-14-4-3-8-27-14)15-5-1-2-6-17(15)23-19(16)24-20(25)13-7-9-26-12-13/h1-9,12H,11H2,(H2,22,23,24,25). The Morgan fingerprint density at radius 3 is 2.78 bits per heavy atom. The summed E-state index contributed by atoms with van der Waals surface area (Å²) < 4.78 is 0. The summed E-state index contributed by atoms with van der Waals surface area (Å²) in [5, 5.41) is 22.4. The predicted octanol–water partition coefficient (Wildman–Crippen LogP) is 5.09. The fraction of sp³-hybridized carbons (Fsp3) is 0.0500. The van der Waals surface area contributed by atoms with Gasteiger partial charge in [-0.3, -0.25) is 4.79 Å². The zero-order valence-electron chi connectivity index (χ0n) is 14.1. The Morgan fingerprint density at radius 2 is 2.04 bits per heavy atom. The van der Waals surface area contributed by atoms with Crippen molar-refractivity contribution >= 4 is 51.0 Å². The number of carbonyl (C=O) groups excluding carboxylic acids is 1. The first-order valence-corrected chi connectivity index (χ1v) is 10.0. The minimum atomic E-state index is -0.278. The molecule has 0 atom stereocenters. The van der Waals surface area contributed by atoms with Crippen molar-refractivity contribution in [1.82, 2.24) is 4.98 Å². The topological polar surface area (TPSA) is 77.8 Å². The predicted molar refractivity (Wildman–Crippen MR) is 110 cm³/mol. The number of hydrogen-bond donors (Lipinski definition) is 2. The van der Waals surface area contributed by atoms with E-state index in [1.807, 2.05) is 47.2 Å². The lowest BCUT2D eigenvalue weighted by Crippen LogP contribution is -2.14. The van der Waals surface area contributed by atoms with Crippen molar-refractivity contribution in [3.05, 3.63) is 74.6 Å². The van der Waals surface area contributed by atoms with Gasteiger partial charge in [0.25, 0.3) is 5.91 Å². The third kappa shape index (κ3) is 3.53. The number of para-hydroxylation sites is 1. The summed E-state index contributed by atoms with van der Waals surface area (Å²) in [5.74, 6) is -0.0131. The van der Waals surface area contributed by atoms with E-state index in [-0.39, 0.29) is 11.7 Å². The normalized spacial score (nSPS) is 10.5. The van der Waals surface area contributed by atoms with Crippen LogP contribution in [0.25, 0.3) is 10.9 Å². The summed E-state index contributed by atoms with van der Waals surface area (Å²) in [7, 11) is 0. The molecule has 0 saturated carbocycles. The van der Waals surface area contributed by atoms with Gasteiger partial charge in [0.05, 0.1) is 16.8 Å². The molecule has 4 rings (SSSR count). The van der Waals surface area contributed by atoms with Gasteiger partial charge < -0.3 is 10.6 Å². The zero-order chi connectivity index (χ0) is 18.6. The summed E-state index contributed by atoms with van der Waals surface area (Å²) >= 11 is 3.09. The van der Waals surface area contributed by atoms with Gasteiger partial charge in [-0.05, 0) is 29.0 Å². The maximum atomic E-state index is 12.5. The Morgan fingerprint density at radius 1 is 1.15 bits per heavy atom. The molecule has 0 fully saturated rings. The van der Waals surface area contributed by atoms with Crippen molar-refractivity contribution < 1.29 is 4.79 Å². The molecule has 27 heavy (non-hydrogen) atoms. The highest BCUT2D eigenvalue weighted by atomic mass is 32.1. The maximum absolute atomic E-state index is 12.5. The largest absolute Gasteiger partial charge is 0.378 e. The van der Waals surface area contributed by atoms with Gasteiger partial charge in [0.2, 0.25) is 0 Å². The molecule has 0 spiro atoms. The quantitative estimate of drug-likeness (QED) is 0.497. The number of hydrogen-bond acceptors (Lipinski definition) is 6. The molecule has 2 N–H and O–H groups in total. The van der Waals surface area contributed by atoms with Gasteiger partial charge in [-0.2, -0.15) is 16.6 Å². The van der Waals surface area contributed by atoms with Gasteiger partial charge >= 0.3 is 0 Å². The highest BCUT2D eigenvalue weighted by Gasteiger charge is 2.17. The Labute approximate surface area is 163 Å². The molecule has 0 aliphatic heterocycles. The van der Waals surface area contributed by atoms with Crippen molar-refractivity contribution in [3.63, 3.8) is 0 Å². The number of nitrogens with one attached hydrogen (secondary N) is 2. The number of anilines is 2. The van der Waals surface area contributed by atoms with Crippen LogP contribution in [-0.4, -0.2) is 10.9 Å². The molecule has 0 aliphatic rings. The molecule has 3 heterocycles. The molecule has 3 aromatic heterocycles. The minimum absolute atomic E-state index is 0.265. The van der Waals surface area contributed by atoms with Gasteiger partial charge in [0.15, 0.2) is 5.82 Å². The van der Waals surface area contributed by atoms with Crippen LogP contribution in [0, 0.1) is 11.3 Å². The third-order valence-corrected chi connectivity index (χ3v) is 5.60. The number of aromatic nitrogens is 1. The molecule has 7 heteroatoms. The van der Waals surface area contributed by atoms with E-state index in [0.717, 1.165) is 10.3 Å². The fourth-order valence-electron chi connectivity index (χ4n) is 2.76. The van der Waals surface area contributed by atoms with Crippen LogP contribution >= 0.6 is 22.7 Å². The number of carbonyl (C=O) groups is 1. The second-order valence-corrected chi connectivity index (χ2v) is 7.55. The maximum Gasteiger partial charge on any atom is 0.257 e. The molecule has 0 saturated heterocycles. The lowest BCUT2D eigenvalue weighted by atomic mass is 10.1. The molecule has 0 aliphatic carbocycles. The van der Waals surface area contributed by atoms with Crippen LogP contribution in [0.5, 0.6) is 0 Å². The van der Waals surface area contributed by atoms with E-state index in [1.54, 1.807) is 22.8 Å². The molecule has 132 valence electrons. The number of nitrogens with zero attached hydrogens (tertiary/aromatic N) is 2. The summed E-state index contributed by atoms with van der Waals surface area (Å²) in [6.45, 7) is 0.596. The summed E-state index contributed by atoms with van der Waals surface area (Å²) in [6.07, 6.45) is 0. The Kier molecular flexibility index (Phi) is 4.83. The van der Waals surface area contributed by atoms with Crippen LogP contribution in [-0.2, 0) is 6.54 Å². The number of amides is 1. The Balaban J connectivity index is 1.77. The van der Waals surface area contributed by atoms with Crippen LogP contribution in [0.1, 0.15) is 20.8 Å². The molecule has 1 amide bonds. The second kappa shape index (κ2) is 7.58. The molecule has 1 aromatic carbocycles. The van der Waals surface area contributed by atoms with Crippen LogP contribution in [0.2, 0.25) is 0 Å². The number of thiophene rings is 2. The molecular formula is C20H14N4OS2. The van der Waals surface area contributed by atoms with Crippen molar-refractivity contribution in [2.45, 2.75) is 6.54 Å². The molecule has 0 bridgehead atoms. The summed E-state index contributed by atoms with van der Waals surface area (Å²) in [5.41, 5.74) is 2.27. The number of rotatable bonds is 5. The lowest BCUT2D eigenvalue weighted by molar-refractivity contribution is 0.102. The van der Waals surface area contributed by atoms with E-state index in [4.69, 9.17) is 0 Å². The Hall–Kier alpha value is -3.21. The SMILES string of the molecule is N#Cc1c(NC(=O)c2ccsc2)nc2ccccc2c1NCc1cccs1. The lowest BCUT2D eigenvalue weighted by Gasteiger charge is -2.14. The van der Waals surface area contributed by atoms with Crippen molar-refractivity contribution in [3.8, 4) is 6.07 Å². The van der Waals surface area contributed by atoms with Crippen LogP contribution in [0.4, 0.5) is 11.5 Å². The van der Waals surface area contributed by atoms with Crippen LogP contribution < -0.4 is 10.6 Å². The van der Waals surface area contributed by atoms with E-state index in [9.17, 15) is 10.1 Å². The fourth-order valence-corrected chi connectivity index (χ4v) is 4.04. The average molecular weight is 390 g/mol. The second-order valence-electron chi connectivity index (χ2n) is 5.74. The average Bonchev–Trinajstić information content (AvgIpc) is 3.39. The van der Waals surface area contributed by atoms with Gasteiger partial charge in [0.1, 0.15) is 11.6 Å². The van der Waals surface area contributed by atoms with Crippen molar-refractivity contribution in [1.29, 1.82) is 5.26 Å². The number of nitriles is 1. The monoisotopic (exact) mass is 390 g/mol. The molecule has 0 unspecified atom stereocenters.